The monoisotopic (exact) mass is 233 g/mol. The lowest BCUT2D eigenvalue weighted by Crippen LogP contribution is -2.42. The van der Waals surface area contributed by atoms with Gasteiger partial charge >= 0.3 is 0 Å². The molecular formula is C9H15NO2S2. The van der Waals surface area contributed by atoms with Gasteiger partial charge in [0.1, 0.15) is 0 Å². The Morgan fingerprint density at radius 3 is 2.71 bits per heavy atom. The molecule has 3 unspecified atom stereocenters. The standard InChI is InChI=1S/C9H15NO2S2/c1-7-4-13-5-9(7)10-8-2-3-14(11,12)6-8/h2-3,7-10H,4-6H2,1H3. The van der Waals surface area contributed by atoms with Crippen molar-refractivity contribution in [3.8, 4) is 0 Å². The first-order valence-electron chi connectivity index (χ1n) is 4.81. The van der Waals surface area contributed by atoms with E-state index in [0.717, 1.165) is 5.75 Å². The normalized spacial score (nSPS) is 40.5. The van der Waals surface area contributed by atoms with Gasteiger partial charge in [-0.25, -0.2) is 8.42 Å². The van der Waals surface area contributed by atoms with Crippen LogP contribution in [0.1, 0.15) is 6.92 Å². The van der Waals surface area contributed by atoms with Crippen LogP contribution in [0.2, 0.25) is 0 Å². The molecular weight excluding hydrogens is 218 g/mol. The van der Waals surface area contributed by atoms with Crippen molar-refractivity contribution < 1.29 is 8.42 Å². The van der Waals surface area contributed by atoms with E-state index in [9.17, 15) is 8.42 Å². The molecule has 1 N–H and O–H groups in total. The van der Waals surface area contributed by atoms with E-state index in [-0.39, 0.29) is 11.8 Å². The number of thioether (sulfide) groups is 1. The summed E-state index contributed by atoms with van der Waals surface area (Å²) in [4.78, 5) is 0. The lowest BCUT2D eigenvalue weighted by molar-refractivity contribution is 0.436. The van der Waals surface area contributed by atoms with Crippen molar-refractivity contribution >= 4 is 21.6 Å². The highest BCUT2D eigenvalue weighted by Gasteiger charge is 2.29. The molecule has 5 heteroatoms. The van der Waals surface area contributed by atoms with Crippen LogP contribution in [0.4, 0.5) is 0 Å². The van der Waals surface area contributed by atoms with Crippen molar-refractivity contribution in [1.82, 2.24) is 5.32 Å². The molecule has 3 atom stereocenters. The van der Waals surface area contributed by atoms with Crippen molar-refractivity contribution in [2.45, 2.75) is 19.0 Å². The van der Waals surface area contributed by atoms with Gasteiger partial charge in [0.05, 0.1) is 5.75 Å². The van der Waals surface area contributed by atoms with E-state index in [2.05, 4.69) is 12.2 Å². The lowest BCUT2D eigenvalue weighted by atomic mass is 10.1. The predicted molar refractivity (Wildman–Crippen MR) is 60.1 cm³/mol. The first-order chi connectivity index (χ1) is 6.57. The third-order valence-corrected chi connectivity index (χ3v) is 5.48. The quantitative estimate of drug-likeness (QED) is 0.760. The second-order valence-electron chi connectivity index (χ2n) is 4.05. The average molecular weight is 233 g/mol. The van der Waals surface area contributed by atoms with E-state index in [0.29, 0.717) is 12.0 Å². The van der Waals surface area contributed by atoms with Crippen LogP contribution in [-0.4, -0.2) is 37.8 Å². The van der Waals surface area contributed by atoms with Gasteiger partial charge in [-0.2, -0.15) is 11.8 Å². The van der Waals surface area contributed by atoms with Crippen molar-refractivity contribution in [2.24, 2.45) is 5.92 Å². The highest BCUT2D eigenvalue weighted by atomic mass is 32.2. The Balaban J connectivity index is 1.91. The SMILES string of the molecule is CC1CSCC1NC1C=CS(=O)(=O)C1. The predicted octanol–water partition coefficient (Wildman–Crippen LogP) is 0.638. The topological polar surface area (TPSA) is 46.2 Å². The first kappa shape index (κ1) is 10.5. The van der Waals surface area contributed by atoms with Crippen molar-refractivity contribution in [3.63, 3.8) is 0 Å². The van der Waals surface area contributed by atoms with Gasteiger partial charge in [0.2, 0.25) is 0 Å². The van der Waals surface area contributed by atoms with Gasteiger partial charge in [0.15, 0.2) is 9.84 Å². The summed E-state index contributed by atoms with van der Waals surface area (Å²) in [6, 6.07) is 0.508. The van der Waals surface area contributed by atoms with Gasteiger partial charge in [0.25, 0.3) is 0 Å². The molecule has 0 amide bonds. The molecule has 0 radical (unpaired) electrons. The van der Waals surface area contributed by atoms with Gasteiger partial charge in [-0.05, 0) is 11.7 Å². The molecule has 0 bridgehead atoms. The summed E-state index contributed by atoms with van der Waals surface area (Å²) in [6.45, 7) is 2.21. The van der Waals surface area contributed by atoms with Crippen LogP contribution in [-0.2, 0) is 9.84 Å². The number of hydrogen-bond acceptors (Lipinski definition) is 4. The average Bonchev–Trinajstić information content (AvgIpc) is 2.61. The second kappa shape index (κ2) is 3.87. The molecule has 0 aliphatic carbocycles. The molecule has 0 aromatic carbocycles. The summed E-state index contributed by atoms with van der Waals surface area (Å²) in [6.07, 6.45) is 1.77. The minimum atomic E-state index is -2.90. The largest absolute Gasteiger partial charge is 0.306 e. The summed E-state index contributed by atoms with van der Waals surface area (Å²) in [5.41, 5.74) is 0. The molecule has 1 fully saturated rings. The zero-order valence-corrected chi connectivity index (χ0v) is 9.77. The Morgan fingerprint density at radius 1 is 1.43 bits per heavy atom. The smallest absolute Gasteiger partial charge is 0.173 e. The van der Waals surface area contributed by atoms with Crippen molar-refractivity contribution in [1.29, 1.82) is 0 Å². The zero-order chi connectivity index (χ0) is 10.2. The molecule has 1 saturated heterocycles. The Kier molecular flexibility index (Phi) is 2.91. The van der Waals surface area contributed by atoms with E-state index in [1.807, 2.05) is 11.8 Å². The molecule has 0 spiro atoms. The van der Waals surface area contributed by atoms with Crippen LogP contribution >= 0.6 is 11.8 Å². The maximum absolute atomic E-state index is 11.2. The third-order valence-electron chi connectivity index (χ3n) is 2.72. The fourth-order valence-electron chi connectivity index (χ4n) is 1.83. The van der Waals surface area contributed by atoms with Crippen LogP contribution in [0.15, 0.2) is 11.5 Å². The molecule has 2 aliphatic rings. The molecule has 0 aromatic rings. The summed E-state index contributed by atoms with van der Waals surface area (Å²) >= 11 is 1.94. The highest BCUT2D eigenvalue weighted by Crippen LogP contribution is 2.24. The van der Waals surface area contributed by atoms with Gasteiger partial charge < -0.3 is 5.32 Å². The molecule has 3 nitrogen and oxygen atoms in total. The third kappa shape index (κ3) is 2.32. The van der Waals surface area contributed by atoms with E-state index in [1.54, 1.807) is 6.08 Å². The minimum Gasteiger partial charge on any atom is -0.306 e. The first-order valence-corrected chi connectivity index (χ1v) is 7.68. The summed E-state index contributed by atoms with van der Waals surface area (Å²) in [5.74, 6) is 3.17. The fraction of sp³-hybridized carbons (Fsp3) is 0.778. The van der Waals surface area contributed by atoms with Gasteiger partial charge in [0, 0.05) is 23.2 Å². The van der Waals surface area contributed by atoms with Gasteiger partial charge in [-0.1, -0.05) is 13.0 Å². The Bertz CT molecular complexity index is 337. The molecule has 0 aromatic heterocycles. The van der Waals surface area contributed by atoms with E-state index >= 15 is 0 Å². The molecule has 14 heavy (non-hydrogen) atoms. The number of sulfone groups is 1. The van der Waals surface area contributed by atoms with Crippen LogP contribution in [0.3, 0.4) is 0 Å². The number of rotatable bonds is 2. The van der Waals surface area contributed by atoms with Gasteiger partial charge in [-0.3, -0.25) is 0 Å². The van der Waals surface area contributed by atoms with Crippen LogP contribution in [0, 0.1) is 5.92 Å². The van der Waals surface area contributed by atoms with E-state index in [1.165, 1.54) is 11.2 Å². The van der Waals surface area contributed by atoms with Crippen LogP contribution in [0.5, 0.6) is 0 Å². The maximum atomic E-state index is 11.2. The van der Waals surface area contributed by atoms with E-state index < -0.39 is 9.84 Å². The molecule has 2 aliphatic heterocycles. The summed E-state index contributed by atoms with van der Waals surface area (Å²) < 4.78 is 22.3. The zero-order valence-electron chi connectivity index (χ0n) is 8.14. The van der Waals surface area contributed by atoms with Crippen LogP contribution in [0.25, 0.3) is 0 Å². The van der Waals surface area contributed by atoms with E-state index in [4.69, 9.17) is 0 Å². The number of hydrogen-bond donors (Lipinski definition) is 1. The summed E-state index contributed by atoms with van der Waals surface area (Å²) in [7, 11) is -2.90. The fourth-order valence-corrected chi connectivity index (χ4v) is 4.50. The van der Waals surface area contributed by atoms with Crippen LogP contribution < -0.4 is 5.32 Å². The van der Waals surface area contributed by atoms with Crippen molar-refractivity contribution in [2.75, 3.05) is 17.3 Å². The molecule has 0 saturated carbocycles. The second-order valence-corrected chi connectivity index (χ2v) is 7.06. The maximum Gasteiger partial charge on any atom is 0.173 e. The highest BCUT2D eigenvalue weighted by molar-refractivity contribution is 7.99. The Labute approximate surface area is 89.3 Å². The van der Waals surface area contributed by atoms with Crippen molar-refractivity contribution in [3.05, 3.63) is 11.5 Å². The Hall–Kier alpha value is -0.0000000000000000555. The van der Waals surface area contributed by atoms with Gasteiger partial charge in [-0.15, -0.1) is 0 Å². The Morgan fingerprint density at radius 2 is 2.21 bits per heavy atom. The lowest BCUT2D eigenvalue weighted by Gasteiger charge is -2.19. The minimum absolute atomic E-state index is 0.0335. The molecule has 80 valence electrons. The molecule has 2 heterocycles. The number of nitrogens with one attached hydrogen (secondary N) is 1. The summed E-state index contributed by atoms with van der Waals surface area (Å²) in [5, 5.41) is 4.73. The molecule has 2 rings (SSSR count).